The topological polar surface area (TPSA) is 32.3 Å². The number of piperidine rings is 1. The third-order valence-electron chi connectivity index (χ3n) is 3.43. The van der Waals surface area contributed by atoms with Gasteiger partial charge in [0.15, 0.2) is 0 Å². The minimum atomic E-state index is -4.17. The predicted molar refractivity (Wildman–Crippen MR) is 77.0 cm³/mol. The lowest BCUT2D eigenvalue weighted by Gasteiger charge is -2.32. The second-order valence-corrected chi connectivity index (χ2v) is 6.46. The van der Waals surface area contributed by atoms with Crippen LogP contribution in [0.2, 0.25) is 5.02 Å². The van der Waals surface area contributed by atoms with Crippen molar-refractivity contribution in [3.05, 3.63) is 20.8 Å². The first-order valence-corrected chi connectivity index (χ1v) is 7.85. The fraction of sp³-hybridized carbons (Fsp3) is 0.615. The van der Waals surface area contributed by atoms with Gasteiger partial charge in [0, 0.05) is 19.1 Å². The maximum atomic E-state index is 12.3. The van der Waals surface area contributed by atoms with Gasteiger partial charge < -0.3 is 5.32 Å². The largest absolute Gasteiger partial charge is 0.401 e. The average Bonchev–Trinajstić information content (AvgIpc) is 2.71. The molecular formula is C13H16ClF3N2OS. The standard InChI is InChI=1S/C13H16ClF3N2OS/c1-8-6-21-11(10(8)14)12(20)18-9-2-4-19(5-3-9)7-13(15,16)17/h6,9H,2-5,7H2,1H3,(H,18,20). The zero-order valence-electron chi connectivity index (χ0n) is 11.5. The van der Waals surface area contributed by atoms with Gasteiger partial charge in [-0.25, -0.2) is 0 Å². The molecule has 2 rings (SSSR count). The molecule has 0 aliphatic carbocycles. The summed E-state index contributed by atoms with van der Waals surface area (Å²) in [5, 5.41) is 5.11. The lowest BCUT2D eigenvalue weighted by molar-refractivity contribution is -0.148. The van der Waals surface area contributed by atoms with Crippen LogP contribution in [0.4, 0.5) is 13.2 Å². The number of rotatable bonds is 3. The molecule has 1 amide bonds. The smallest absolute Gasteiger partial charge is 0.348 e. The number of carbonyl (C=O) groups is 1. The van der Waals surface area contributed by atoms with Gasteiger partial charge in [0.25, 0.3) is 5.91 Å². The highest BCUT2D eigenvalue weighted by Gasteiger charge is 2.32. The molecule has 0 saturated carbocycles. The summed E-state index contributed by atoms with van der Waals surface area (Å²) in [6.45, 7) is 1.61. The molecule has 0 bridgehead atoms. The lowest BCUT2D eigenvalue weighted by atomic mass is 10.0. The van der Waals surface area contributed by atoms with Crippen molar-refractivity contribution in [2.75, 3.05) is 19.6 Å². The van der Waals surface area contributed by atoms with Crippen LogP contribution in [0.25, 0.3) is 0 Å². The molecule has 3 nitrogen and oxygen atoms in total. The Morgan fingerprint density at radius 3 is 2.57 bits per heavy atom. The molecule has 0 spiro atoms. The number of carbonyl (C=O) groups excluding carboxylic acids is 1. The average molecular weight is 341 g/mol. The summed E-state index contributed by atoms with van der Waals surface area (Å²) < 4.78 is 36.9. The van der Waals surface area contributed by atoms with Crippen LogP contribution in [0, 0.1) is 6.92 Å². The van der Waals surface area contributed by atoms with Crippen molar-refractivity contribution < 1.29 is 18.0 Å². The molecule has 1 aliphatic heterocycles. The molecule has 1 saturated heterocycles. The van der Waals surface area contributed by atoms with Gasteiger partial charge in [-0.15, -0.1) is 11.3 Å². The molecule has 1 aromatic heterocycles. The minimum Gasteiger partial charge on any atom is -0.348 e. The van der Waals surface area contributed by atoms with E-state index in [1.807, 2.05) is 12.3 Å². The van der Waals surface area contributed by atoms with E-state index in [4.69, 9.17) is 11.6 Å². The van der Waals surface area contributed by atoms with Crippen molar-refractivity contribution in [1.82, 2.24) is 10.2 Å². The van der Waals surface area contributed by atoms with E-state index in [0.717, 1.165) is 5.56 Å². The number of hydrogen-bond acceptors (Lipinski definition) is 3. The van der Waals surface area contributed by atoms with Crippen LogP contribution in [0.1, 0.15) is 28.1 Å². The zero-order valence-corrected chi connectivity index (χ0v) is 13.0. The normalized spacial score (nSPS) is 18.0. The van der Waals surface area contributed by atoms with Crippen molar-refractivity contribution in [2.45, 2.75) is 32.0 Å². The second-order valence-electron chi connectivity index (χ2n) is 5.20. The number of likely N-dealkylation sites (tertiary alicyclic amines) is 1. The number of halogens is 4. The van der Waals surface area contributed by atoms with Crippen LogP contribution < -0.4 is 5.32 Å². The molecule has 0 unspecified atom stereocenters. The fourth-order valence-corrected chi connectivity index (χ4v) is 3.50. The Bertz CT molecular complexity index is 510. The Kier molecular flexibility index (Phi) is 5.16. The first-order valence-electron chi connectivity index (χ1n) is 6.60. The van der Waals surface area contributed by atoms with E-state index in [2.05, 4.69) is 5.32 Å². The van der Waals surface area contributed by atoms with Gasteiger partial charge in [-0.2, -0.15) is 13.2 Å². The summed E-state index contributed by atoms with van der Waals surface area (Å²) in [7, 11) is 0. The summed E-state index contributed by atoms with van der Waals surface area (Å²) in [5.74, 6) is -0.243. The molecule has 8 heteroatoms. The van der Waals surface area contributed by atoms with Gasteiger partial charge in [0.1, 0.15) is 4.88 Å². The number of aryl methyl sites for hydroxylation is 1. The van der Waals surface area contributed by atoms with E-state index in [0.29, 0.717) is 35.8 Å². The highest BCUT2D eigenvalue weighted by atomic mass is 35.5. The van der Waals surface area contributed by atoms with Gasteiger partial charge >= 0.3 is 6.18 Å². The molecule has 21 heavy (non-hydrogen) atoms. The molecule has 1 aliphatic rings. The summed E-state index contributed by atoms with van der Waals surface area (Å²) >= 11 is 7.31. The summed E-state index contributed by atoms with van der Waals surface area (Å²) in [4.78, 5) is 13.9. The monoisotopic (exact) mass is 340 g/mol. The molecule has 1 fully saturated rings. The molecular weight excluding hydrogens is 325 g/mol. The van der Waals surface area contributed by atoms with E-state index in [9.17, 15) is 18.0 Å². The van der Waals surface area contributed by atoms with E-state index >= 15 is 0 Å². The van der Waals surface area contributed by atoms with Gasteiger partial charge in [-0.05, 0) is 30.7 Å². The summed E-state index contributed by atoms with van der Waals surface area (Å²) in [6, 6.07) is -0.0968. The maximum absolute atomic E-state index is 12.3. The zero-order chi connectivity index (χ0) is 15.6. The van der Waals surface area contributed by atoms with E-state index < -0.39 is 12.7 Å². The molecule has 0 radical (unpaired) electrons. The van der Waals surface area contributed by atoms with E-state index in [1.165, 1.54) is 16.2 Å². The first kappa shape index (κ1) is 16.6. The summed E-state index contributed by atoms with van der Waals surface area (Å²) in [5.41, 5.74) is 0.854. The Balaban J connectivity index is 1.84. The molecule has 0 aromatic carbocycles. The van der Waals surface area contributed by atoms with Gasteiger partial charge in [-0.3, -0.25) is 9.69 Å². The Labute approximate surface area is 130 Å². The third kappa shape index (κ3) is 4.59. The van der Waals surface area contributed by atoms with Crippen LogP contribution in [-0.2, 0) is 0 Å². The number of nitrogens with zero attached hydrogens (tertiary/aromatic N) is 1. The Hall–Kier alpha value is -0.790. The van der Waals surface area contributed by atoms with Crippen molar-refractivity contribution in [3.63, 3.8) is 0 Å². The Morgan fingerprint density at radius 2 is 2.10 bits per heavy atom. The molecule has 1 aromatic rings. The van der Waals surface area contributed by atoms with E-state index in [1.54, 1.807) is 0 Å². The number of thiophene rings is 1. The number of amides is 1. The molecule has 0 atom stereocenters. The van der Waals surface area contributed by atoms with Crippen LogP contribution >= 0.6 is 22.9 Å². The molecule has 2 heterocycles. The van der Waals surface area contributed by atoms with Gasteiger partial charge in [0.2, 0.25) is 0 Å². The number of hydrogen-bond donors (Lipinski definition) is 1. The van der Waals surface area contributed by atoms with Crippen LogP contribution in [-0.4, -0.2) is 42.7 Å². The number of alkyl halides is 3. The van der Waals surface area contributed by atoms with Crippen molar-refractivity contribution in [3.8, 4) is 0 Å². The van der Waals surface area contributed by atoms with Gasteiger partial charge in [-0.1, -0.05) is 11.6 Å². The van der Waals surface area contributed by atoms with Crippen molar-refractivity contribution >= 4 is 28.8 Å². The van der Waals surface area contributed by atoms with Crippen LogP contribution in [0.3, 0.4) is 0 Å². The first-order chi connectivity index (χ1) is 9.76. The highest BCUT2D eigenvalue weighted by molar-refractivity contribution is 7.13. The number of nitrogens with one attached hydrogen (secondary N) is 1. The van der Waals surface area contributed by atoms with Crippen molar-refractivity contribution in [2.24, 2.45) is 0 Å². The molecule has 1 N–H and O–H groups in total. The quantitative estimate of drug-likeness (QED) is 0.913. The van der Waals surface area contributed by atoms with Crippen molar-refractivity contribution in [1.29, 1.82) is 0 Å². The third-order valence-corrected chi connectivity index (χ3v) is 5.13. The Morgan fingerprint density at radius 1 is 1.48 bits per heavy atom. The van der Waals surface area contributed by atoms with Crippen LogP contribution in [0.15, 0.2) is 5.38 Å². The predicted octanol–water partition coefficient (Wildman–Crippen LogP) is 3.47. The van der Waals surface area contributed by atoms with Gasteiger partial charge in [0.05, 0.1) is 11.6 Å². The SMILES string of the molecule is Cc1csc(C(=O)NC2CCN(CC(F)(F)F)CC2)c1Cl. The fourth-order valence-electron chi connectivity index (χ4n) is 2.32. The van der Waals surface area contributed by atoms with E-state index in [-0.39, 0.29) is 11.9 Å². The maximum Gasteiger partial charge on any atom is 0.401 e. The lowest BCUT2D eigenvalue weighted by Crippen LogP contribution is -2.46. The minimum absolute atomic E-state index is 0.0968. The second kappa shape index (κ2) is 6.54. The molecule has 118 valence electrons. The van der Waals surface area contributed by atoms with Crippen LogP contribution in [0.5, 0.6) is 0 Å². The highest BCUT2D eigenvalue weighted by Crippen LogP contribution is 2.27. The summed E-state index contributed by atoms with van der Waals surface area (Å²) in [6.07, 6.45) is -3.13.